The van der Waals surface area contributed by atoms with Crippen LogP contribution >= 0.6 is 0 Å². The van der Waals surface area contributed by atoms with Crippen molar-refractivity contribution in [3.05, 3.63) is 0 Å². The van der Waals surface area contributed by atoms with Crippen LogP contribution in [0.1, 0.15) is 32.1 Å². The predicted molar refractivity (Wildman–Crippen MR) is 44.0 cm³/mol. The van der Waals surface area contributed by atoms with E-state index in [0.29, 0.717) is 12.8 Å². The van der Waals surface area contributed by atoms with Crippen LogP contribution in [0.25, 0.3) is 0 Å². The minimum absolute atomic E-state index is 0.417. The lowest BCUT2D eigenvalue weighted by Gasteiger charge is -2.30. The van der Waals surface area contributed by atoms with Crippen LogP contribution in [0.4, 0.5) is 0 Å². The van der Waals surface area contributed by atoms with E-state index in [-0.39, 0.29) is 0 Å². The maximum Gasteiger partial charge on any atom is 0.267 e. The van der Waals surface area contributed by atoms with Gasteiger partial charge in [0.05, 0.1) is 6.26 Å². The van der Waals surface area contributed by atoms with Crippen molar-refractivity contribution in [1.82, 2.24) is 0 Å². The molecule has 0 bridgehead atoms. The molecule has 0 aromatic carbocycles. The molecule has 5 heteroatoms. The Morgan fingerprint density at radius 3 is 2.17 bits per heavy atom. The van der Waals surface area contributed by atoms with E-state index in [2.05, 4.69) is 4.18 Å². The molecule has 0 atom stereocenters. The highest BCUT2D eigenvalue weighted by Gasteiger charge is 2.33. The van der Waals surface area contributed by atoms with Gasteiger partial charge in [-0.25, -0.2) is 4.18 Å². The Labute approximate surface area is 72.7 Å². The van der Waals surface area contributed by atoms with Gasteiger partial charge in [-0.2, -0.15) is 8.42 Å². The van der Waals surface area contributed by atoms with Crippen LogP contribution in [0.3, 0.4) is 0 Å². The van der Waals surface area contributed by atoms with Crippen LogP contribution in [0.2, 0.25) is 0 Å². The van der Waals surface area contributed by atoms with Crippen LogP contribution < -0.4 is 0 Å². The summed E-state index contributed by atoms with van der Waals surface area (Å²) in [6.45, 7) is 0. The van der Waals surface area contributed by atoms with E-state index in [1.807, 2.05) is 0 Å². The number of hydrogen-bond donors (Lipinski definition) is 1. The first kappa shape index (κ1) is 9.95. The Morgan fingerprint density at radius 2 is 1.75 bits per heavy atom. The van der Waals surface area contributed by atoms with Gasteiger partial charge in [-0.1, -0.05) is 6.42 Å². The molecule has 0 unspecified atom stereocenters. The average Bonchev–Trinajstić information content (AvgIpc) is 1.83. The molecule has 0 aromatic rings. The summed E-state index contributed by atoms with van der Waals surface area (Å²) in [5.41, 5.74) is 0. The Morgan fingerprint density at radius 1 is 1.25 bits per heavy atom. The van der Waals surface area contributed by atoms with Crippen molar-refractivity contribution in [3.8, 4) is 0 Å². The Hall–Kier alpha value is -0.130. The van der Waals surface area contributed by atoms with Gasteiger partial charge in [0, 0.05) is 12.8 Å². The van der Waals surface area contributed by atoms with Gasteiger partial charge in [-0.3, -0.25) is 0 Å². The summed E-state index contributed by atoms with van der Waals surface area (Å²) in [6, 6.07) is 0. The summed E-state index contributed by atoms with van der Waals surface area (Å²) in [7, 11) is -3.53. The first-order valence-corrected chi connectivity index (χ1v) is 5.86. The van der Waals surface area contributed by atoms with Gasteiger partial charge in [0.2, 0.25) is 0 Å². The number of rotatable bonds is 2. The molecule has 1 fully saturated rings. The van der Waals surface area contributed by atoms with Crippen molar-refractivity contribution in [3.63, 3.8) is 0 Å². The molecule has 0 aliphatic heterocycles. The quantitative estimate of drug-likeness (QED) is 0.517. The van der Waals surface area contributed by atoms with E-state index in [4.69, 9.17) is 0 Å². The first-order valence-electron chi connectivity index (χ1n) is 4.04. The molecule has 0 radical (unpaired) electrons. The molecule has 0 aromatic heterocycles. The van der Waals surface area contributed by atoms with E-state index in [0.717, 1.165) is 25.5 Å². The molecule has 1 aliphatic carbocycles. The van der Waals surface area contributed by atoms with Gasteiger partial charge in [-0.15, -0.1) is 0 Å². The predicted octanol–water partition coefficient (Wildman–Crippen LogP) is 0.615. The van der Waals surface area contributed by atoms with E-state index < -0.39 is 15.9 Å². The molecule has 12 heavy (non-hydrogen) atoms. The molecule has 0 spiro atoms. The molecule has 1 aliphatic rings. The fourth-order valence-electron chi connectivity index (χ4n) is 1.47. The molecule has 1 rings (SSSR count). The highest BCUT2D eigenvalue weighted by Crippen LogP contribution is 2.29. The topological polar surface area (TPSA) is 63.6 Å². The zero-order valence-corrected chi connectivity index (χ0v) is 7.93. The zero-order valence-electron chi connectivity index (χ0n) is 7.12. The van der Waals surface area contributed by atoms with Crippen LogP contribution in [0, 0.1) is 0 Å². The minimum Gasteiger partial charge on any atom is -0.364 e. The van der Waals surface area contributed by atoms with Gasteiger partial charge < -0.3 is 5.11 Å². The van der Waals surface area contributed by atoms with E-state index in [1.165, 1.54) is 0 Å². The van der Waals surface area contributed by atoms with Gasteiger partial charge in [0.1, 0.15) is 0 Å². The molecule has 1 saturated carbocycles. The lowest BCUT2D eigenvalue weighted by Crippen LogP contribution is -2.36. The Kier molecular flexibility index (Phi) is 2.75. The third-order valence-electron chi connectivity index (χ3n) is 1.94. The van der Waals surface area contributed by atoms with Crippen LogP contribution in [0.5, 0.6) is 0 Å². The van der Waals surface area contributed by atoms with Crippen molar-refractivity contribution in [2.75, 3.05) is 6.26 Å². The van der Waals surface area contributed by atoms with Crippen molar-refractivity contribution >= 4 is 10.1 Å². The van der Waals surface area contributed by atoms with Gasteiger partial charge in [0.25, 0.3) is 10.1 Å². The fraction of sp³-hybridized carbons (Fsp3) is 1.00. The lowest BCUT2D eigenvalue weighted by atomic mass is 9.95. The van der Waals surface area contributed by atoms with Crippen molar-refractivity contribution in [1.29, 1.82) is 0 Å². The van der Waals surface area contributed by atoms with Crippen molar-refractivity contribution < 1.29 is 17.7 Å². The second-order valence-electron chi connectivity index (χ2n) is 3.29. The third-order valence-corrected chi connectivity index (χ3v) is 2.55. The second kappa shape index (κ2) is 3.32. The highest BCUT2D eigenvalue weighted by atomic mass is 32.2. The molecule has 0 heterocycles. The second-order valence-corrected chi connectivity index (χ2v) is 4.87. The highest BCUT2D eigenvalue weighted by molar-refractivity contribution is 7.86. The maximum atomic E-state index is 10.7. The first-order chi connectivity index (χ1) is 5.41. The summed E-state index contributed by atoms with van der Waals surface area (Å²) in [6.07, 6.45) is 4.48. The monoisotopic (exact) mass is 194 g/mol. The minimum atomic E-state index is -3.53. The molecule has 72 valence electrons. The number of aliphatic hydroxyl groups is 1. The molecule has 1 N–H and O–H groups in total. The third kappa shape index (κ3) is 3.08. The summed E-state index contributed by atoms with van der Waals surface area (Å²) < 4.78 is 26.0. The fourth-order valence-corrected chi connectivity index (χ4v) is 2.20. The zero-order chi connectivity index (χ0) is 9.24. The van der Waals surface area contributed by atoms with E-state index in [9.17, 15) is 13.5 Å². The molecule has 4 nitrogen and oxygen atoms in total. The van der Waals surface area contributed by atoms with Crippen molar-refractivity contribution in [2.24, 2.45) is 0 Å². The van der Waals surface area contributed by atoms with Gasteiger partial charge >= 0.3 is 0 Å². The molecular weight excluding hydrogens is 180 g/mol. The van der Waals surface area contributed by atoms with Crippen LogP contribution in [0.15, 0.2) is 0 Å². The Bertz CT molecular complexity index is 238. The number of hydrogen-bond acceptors (Lipinski definition) is 4. The maximum absolute atomic E-state index is 10.7. The summed E-state index contributed by atoms with van der Waals surface area (Å²) >= 11 is 0. The summed E-state index contributed by atoms with van der Waals surface area (Å²) in [4.78, 5) is 0. The standard InChI is InChI=1S/C7H14O4S/c1-12(9,10)11-7(8)5-3-2-4-6-7/h8H,2-6H2,1H3. The smallest absolute Gasteiger partial charge is 0.267 e. The van der Waals surface area contributed by atoms with E-state index >= 15 is 0 Å². The average molecular weight is 194 g/mol. The lowest BCUT2D eigenvalue weighted by molar-refractivity contribution is -0.154. The van der Waals surface area contributed by atoms with Crippen LogP contribution in [-0.4, -0.2) is 25.6 Å². The van der Waals surface area contributed by atoms with Crippen LogP contribution in [-0.2, 0) is 14.3 Å². The van der Waals surface area contributed by atoms with Crippen molar-refractivity contribution in [2.45, 2.75) is 37.9 Å². The summed E-state index contributed by atoms with van der Waals surface area (Å²) in [5, 5.41) is 9.61. The molecular formula is C7H14O4S. The van der Waals surface area contributed by atoms with Gasteiger partial charge in [0.15, 0.2) is 5.79 Å². The van der Waals surface area contributed by atoms with Gasteiger partial charge in [-0.05, 0) is 12.8 Å². The van der Waals surface area contributed by atoms with E-state index in [1.54, 1.807) is 0 Å². The normalized spacial score (nSPS) is 23.8. The Balaban J connectivity index is 2.59. The summed E-state index contributed by atoms with van der Waals surface area (Å²) in [5.74, 6) is -1.42. The molecule has 0 amide bonds. The SMILES string of the molecule is CS(=O)(=O)OC1(O)CCCCC1. The molecule has 0 saturated heterocycles. The largest absolute Gasteiger partial charge is 0.364 e.